The van der Waals surface area contributed by atoms with Gasteiger partial charge in [-0.2, -0.15) is 4.98 Å². The van der Waals surface area contributed by atoms with E-state index in [2.05, 4.69) is 21.5 Å². The minimum Gasteiger partial charge on any atom is -0.491 e. The summed E-state index contributed by atoms with van der Waals surface area (Å²) in [4.78, 5) is 18.8. The second-order valence-corrected chi connectivity index (χ2v) is 8.89. The molecule has 1 amide bonds. The number of carbonyl (C=O) groups excluding carboxylic acids is 1. The molecule has 0 radical (unpaired) electrons. The molecule has 1 atom stereocenters. The van der Waals surface area contributed by atoms with E-state index in [1.165, 1.54) is 0 Å². The van der Waals surface area contributed by atoms with Crippen molar-refractivity contribution in [2.45, 2.75) is 45.4 Å². The van der Waals surface area contributed by atoms with Crippen molar-refractivity contribution in [1.82, 2.24) is 20.4 Å². The van der Waals surface area contributed by atoms with Gasteiger partial charge in [-0.15, -0.1) is 0 Å². The molecule has 1 aromatic heterocycles. The van der Waals surface area contributed by atoms with Crippen molar-refractivity contribution in [3.05, 3.63) is 53.1 Å². The smallest absolute Gasteiger partial charge is 0.258 e. The Morgan fingerprint density at radius 1 is 1.30 bits per heavy atom. The molecule has 8 nitrogen and oxygen atoms in total. The molecule has 3 aromatic rings. The predicted molar refractivity (Wildman–Crippen MR) is 127 cm³/mol. The highest BCUT2D eigenvalue weighted by Crippen LogP contribution is 2.37. The molecule has 8 heteroatoms. The van der Waals surface area contributed by atoms with Gasteiger partial charge in [-0.05, 0) is 70.1 Å². The molecule has 0 bridgehead atoms. The number of ether oxygens (including phenoxy) is 1. The fourth-order valence-electron chi connectivity index (χ4n) is 4.23. The summed E-state index contributed by atoms with van der Waals surface area (Å²) in [6.07, 6.45) is 1.77. The topological polar surface area (TPSA) is 107 Å². The first kappa shape index (κ1) is 22.9. The molecular formula is C25H31N5O3. The Morgan fingerprint density at radius 3 is 2.85 bits per heavy atom. The van der Waals surface area contributed by atoms with Crippen LogP contribution in [0.5, 0.6) is 5.75 Å². The molecule has 0 aliphatic heterocycles. The van der Waals surface area contributed by atoms with E-state index in [4.69, 9.17) is 15.0 Å². The zero-order valence-electron chi connectivity index (χ0n) is 19.6. The zero-order chi connectivity index (χ0) is 23.5. The summed E-state index contributed by atoms with van der Waals surface area (Å²) in [5, 5.41) is 7.39. The minimum atomic E-state index is -0.000569. The molecule has 1 aliphatic rings. The molecule has 4 rings (SSSR count). The zero-order valence-corrected chi connectivity index (χ0v) is 19.6. The minimum absolute atomic E-state index is 0.000569. The molecule has 174 valence electrons. The van der Waals surface area contributed by atoms with Gasteiger partial charge in [-0.1, -0.05) is 23.4 Å². The molecule has 0 saturated heterocycles. The van der Waals surface area contributed by atoms with Crippen molar-refractivity contribution >= 4 is 5.91 Å². The van der Waals surface area contributed by atoms with Crippen LogP contribution in [0.3, 0.4) is 0 Å². The van der Waals surface area contributed by atoms with Crippen LogP contribution in [0.15, 0.2) is 40.9 Å². The fraction of sp³-hybridized carbons (Fsp3) is 0.400. The Kier molecular flexibility index (Phi) is 6.76. The molecule has 0 fully saturated rings. The van der Waals surface area contributed by atoms with Gasteiger partial charge in [0, 0.05) is 23.2 Å². The number of fused-ring (bicyclic) bond motifs is 1. The van der Waals surface area contributed by atoms with E-state index >= 15 is 0 Å². The molecule has 0 unspecified atom stereocenters. The van der Waals surface area contributed by atoms with Crippen LogP contribution < -0.4 is 15.8 Å². The summed E-state index contributed by atoms with van der Waals surface area (Å²) in [6, 6.07) is 11.8. The second-order valence-electron chi connectivity index (χ2n) is 8.89. The van der Waals surface area contributed by atoms with Crippen LogP contribution in [-0.4, -0.2) is 47.7 Å². The maximum Gasteiger partial charge on any atom is 0.258 e. The van der Waals surface area contributed by atoms with E-state index in [9.17, 15) is 4.79 Å². The fourth-order valence-corrected chi connectivity index (χ4v) is 4.23. The Balaban J connectivity index is 1.58. The highest BCUT2D eigenvalue weighted by atomic mass is 16.5. The predicted octanol–water partition coefficient (Wildman–Crippen LogP) is 3.31. The molecule has 0 saturated carbocycles. The first-order valence-electron chi connectivity index (χ1n) is 11.3. The molecule has 3 N–H and O–H groups in total. The average molecular weight is 450 g/mol. The lowest BCUT2D eigenvalue weighted by atomic mass is 10.0. The number of nitrogens with zero attached hydrogens (tertiary/aromatic N) is 3. The Morgan fingerprint density at radius 2 is 2.12 bits per heavy atom. The summed E-state index contributed by atoms with van der Waals surface area (Å²) < 4.78 is 11.4. The van der Waals surface area contributed by atoms with Crippen LogP contribution in [0.2, 0.25) is 0 Å². The van der Waals surface area contributed by atoms with E-state index in [0.717, 1.165) is 46.4 Å². The van der Waals surface area contributed by atoms with Crippen LogP contribution in [0.25, 0.3) is 22.8 Å². The summed E-state index contributed by atoms with van der Waals surface area (Å²) in [6.45, 7) is 4.68. The maximum atomic E-state index is 12.3. The number of carbonyl (C=O) groups is 1. The van der Waals surface area contributed by atoms with Gasteiger partial charge >= 0.3 is 0 Å². The molecule has 33 heavy (non-hydrogen) atoms. The number of aromatic nitrogens is 2. The van der Waals surface area contributed by atoms with E-state index in [-0.39, 0.29) is 18.1 Å². The van der Waals surface area contributed by atoms with Crippen molar-refractivity contribution in [1.29, 1.82) is 0 Å². The van der Waals surface area contributed by atoms with Gasteiger partial charge in [0.1, 0.15) is 5.75 Å². The third-order valence-electron chi connectivity index (χ3n) is 5.62. The maximum absolute atomic E-state index is 12.3. The Hall–Kier alpha value is -3.23. The third-order valence-corrected chi connectivity index (χ3v) is 5.62. The van der Waals surface area contributed by atoms with Gasteiger partial charge in [-0.3, -0.25) is 4.79 Å². The normalized spacial score (nSPS) is 15.2. The summed E-state index contributed by atoms with van der Waals surface area (Å²) >= 11 is 0. The van der Waals surface area contributed by atoms with Crippen LogP contribution in [-0.2, 0) is 17.8 Å². The first-order valence-corrected chi connectivity index (χ1v) is 11.3. The number of nitrogens with two attached hydrogens (primary N) is 1. The van der Waals surface area contributed by atoms with Crippen LogP contribution in [0.4, 0.5) is 0 Å². The van der Waals surface area contributed by atoms with Crippen molar-refractivity contribution in [3.63, 3.8) is 0 Å². The molecule has 0 spiro atoms. The van der Waals surface area contributed by atoms with Crippen LogP contribution in [0.1, 0.15) is 43.0 Å². The molecule has 1 aliphatic carbocycles. The Labute approximate surface area is 194 Å². The molecule has 2 aromatic carbocycles. The molecular weight excluding hydrogens is 418 g/mol. The number of amides is 1. The lowest BCUT2D eigenvalue weighted by molar-refractivity contribution is -0.122. The lowest BCUT2D eigenvalue weighted by Gasteiger charge is -2.16. The van der Waals surface area contributed by atoms with Gasteiger partial charge in [0.05, 0.1) is 18.7 Å². The average Bonchev–Trinajstić information content (AvgIpc) is 3.41. The third kappa shape index (κ3) is 5.07. The van der Waals surface area contributed by atoms with Gasteiger partial charge in [0.15, 0.2) is 0 Å². The van der Waals surface area contributed by atoms with E-state index < -0.39 is 0 Å². The van der Waals surface area contributed by atoms with Gasteiger partial charge in [0.2, 0.25) is 11.7 Å². The second kappa shape index (κ2) is 9.72. The van der Waals surface area contributed by atoms with E-state index in [1.807, 2.05) is 63.2 Å². The van der Waals surface area contributed by atoms with Crippen molar-refractivity contribution in [2.75, 3.05) is 20.6 Å². The molecule has 1 heterocycles. The highest BCUT2D eigenvalue weighted by Gasteiger charge is 2.27. The van der Waals surface area contributed by atoms with Gasteiger partial charge in [0.25, 0.3) is 5.89 Å². The highest BCUT2D eigenvalue weighted by molar-refractivity contribution is 5.79. The van der Waals surface area contributed by atoms with E-state index in [1.54, 1.807) is 0 Å². The number of likely N-dealkylation sites (N-methyl/N-ethyl adjacent to an activating group) is 1. The number of rotatable bonds is 8. The lowest BCUT2D eigenvalue weighted by Crippen LogP contribution is -2.35. The largest absolute Gasteiger partial charge is 0.491 e. The Bertz CT molecular complexity index is 1140. The quantitative estimate of drug-likeness (QED) is 0.543. The summed E-state index contributed by atoms with van der Waals surface area (Å²) in [5.74, 6) is 1.76. The van der Waals surface area contributed by atoms with Crippen molar-refractivity contribution in [3.8, 4) is 28.6 Å². The first-order chi connectivity index (χ1) is 15.9. The van der Waals surface area contributed by atoms with Gasteiger partial charge in [-0.25, -0.2) is 0 Å². The number of hydrogen-bond acceptors (Lipinski definition) is 7. The van der Waals surface area contributed by atoms with Crippen molar-refractivity contribution < 1.29 is 14.1 Å². The van der Waals surface area contributed by atoms with E-state index in [0.29, 0.717) is 24.8 Å². The van der Waals surface area contributed by atoms with Crippen LogP contribution >= 0.6 is 0 Å². The summed E-state index contributed by atoms with van der Waals surface area (Å²) in [7, 11) is 3.77. The number of nitrogens with one attached hydrogen (secondary N) is 1. The summed E-state index contributed by atoms with van der Waals surface area (Å²) in [5.41, 5.74) is 10.8. The monoisotopic (exact) mass is 449 g/mol. The van der Waals surface area contributed by atoms with Gasteiger partial charge < -0.3 is 25.2 Å². The van der Waals surface area contributed by atoms with Crippen LogP contribution in [0, 0.1) is 0 Å². The standard InChI is InChI=1S/C25H31N5O3/c1-15(2)32-22-11-8-16(12-17(22)13-26)25-28-24(29-33-25)20-7-5-6-19-18(20)9-10-21(19)27-23(31)14-30(3)4/h5-8,11-12,15,21H,9-10,13-14,26H2,1-4H3,(H,27,31)/t21-/m0/s1. The number of hydrogen-bond donors (Lipinski definition) is 2. The van der Waals surface area contributed by atoms with Crippen molar-refractivity contribution in [2.24, 2.45) is 5.73 Å². The SMILES string of the molecule is CC(C)Oc1ccc(-c2nc(-c3cccc4c3CC[C@@H]4NC(=O)CN(C)C)no2)cc1CN. The number of benzene rings is 2.